The van der Waals surface area contributed by atoms with Gasteiger partial charge in [0.25, 0.3) is 0 Å². The zero-order valence-corrected chi connectivity index (χ0v) is 7.32. The number of nitrogens with two attached hydrogens (primary N) is 1. The standard InChI is InChI=1S/C9H15NO2/c1-2-5-11-7-8(10)9-4-3-6-12-9/h3-4,6,8H,2,5,7,10H2,1H3. The fourth-order valence-electron chi connectivity index (χ4n) is 0.939. The quantitative estimate of drug-likeness (QED) is 0.682. The summed E-state index contributed by atoms with van der Waals surface area (Å²) < 4.78 is 10.4. The zero-order chi connectivity index (χ0) is 8.81. The maximum atomic E-state index is 5.76. The Balaban J connectivity index is 2.25. The first-order chi connectivity index (χ1) is 5.84. The first-order valence-electron chi connectivity index (χ1n) is 4.21. The van der Waals surface area contributed by atoms with Gasteiger partial charge in [0.15, 0.2) is 0 Å². The Bertz CT molecular complexity index is 196. The minimum atomic E-state index is -0.133. The first kappa shape index (κ1) is 9.29. The van der Waals surface area contributed by atoms with Gasteiger partial charge in [-0.3, -0.25) is 0 Å². The summed E-state index contributed by atoms with van der Waals surface area (Å²) in [6.07, 6.45) is 2.64. The van der Waals surface area contributed by atoms with E-state index in [-0.39, 0.29) is 6.04 Å². The zero-order valence-electron chi connectivity index (χ0n) is 7.32. The molecule has 0 aromatic carbocycles. The van der Waals surface area contributed by atoms with Crippen molar-refractivity contribution in [1.29, 1.82) is 0 Å². The lowest BCUT2D eigenvalue weighted by molar-refractivity contribution is 0.116. The second-order valence-corrected chi connectivity index (χ2v) is 2.70. The van der Waals surface area contributed by atoms with Crippen LogP contribution in [0, 0.1) is 0 Å². The predicted octanol–water partition coefficient (Wildman–Crippen LogP) is 1.71. The van der Waals surface area contributed by atoms with Crippen LogP contribution in [-0.2, 0) is 4.74 Å². The van der Waals surface area contributed by atoms with E-state index in [0.29, 0.717) is 6.61 Å². The van der Waals surface area contributed by atoms with Crippen molar-refractivity contribution in [3.05, 3.63) is 24.2 Å². The first-order valence-corrected chi connectivity index (χ1v) is 4.21. The van der Waals surface area contributed by atoms with Crippen LogP contribution in [0.5, 0.6) is 0 Å². The normalized spacial score (nSPS) is 13.2. The van der Waals surface area contributed by atoms with Gasteiger partial charge in [-0.25, -0.2) is 0 Å². The summed E-state index contributed by atoms with van der Waals surface area (Å²) in [5.41, 5.74) is 5.76. The van der Waals surface area contributed by atoms with Gasteiger partial charge in [-0.2, -0.15) is 0 Å². The molecule has 1 unspecified atom stereocenters. The molecule has 0 aliphatic rings. The monoisotopic (exact) mass is 169 g/mol. The number of rotatable bonds is 5. The van der Waals surface area contributed by atoms with Gasteiger partial charge < -0.3 is 14.9 Å². The third kappa shape index (κ3) is 2.68. The summed E-state index contributed by atoms with van der Waals surface area (Å²) >= 11 is 0. The number of hydrogen-bond acceptors (Lipinski definition) is 3. The molecule has 0 aliphatic carbocycles. The van der Waals surface area contributed by atoms with Gasteiger partial charge in [0, 0.05) is 6.61 Å². The number of ether oxygens (including phenoxy) is 1. The third-order valence-corrected chi connectivity index (χ3v) is 1.55. The van der Waals surface area contributed by atoms with Crippen LogP contribution < -0.4 is 5.73 Å². The predicted molar refractivity (Wildman–Crippen MR) is 46.7 cm³/mol. The van der Waals surface area contributed by atoms with Crippen LogP contribution in [0.3, 0.4) is 0 Å². The van der Waals surface area contributed by atoms with Crippen molar-refractivity contribution in [2.75, 3.05) is 13.2 Å². The second-order valence-electron chi connectivity index (χ2n) is 2.70. The molecule has 1 atom stereocenters. The Kier molecular flexibility index (Phi) is 3.84. The molecule has 3 nitrogen and oxygen atoms in total. The Morgan fingerprint density at radius 2 is 2.50 bits per heavy atom. The fraction of sp³-hybridized carbons (Fsp3) is 0.556. The molecule has 1 rings (SSSR count). The van der Waals surface area contributed by atoms with E-state index in [1.54, 1.807) is 6.26 Å². The van der Waals surface area contributed by atoms with Crippen LogP contribution >= 0.6 is 0 Å². The summed E-state index contributed by atoms with van der Waals surface area (Å²) in [5.74, 6) is 0.783. The van der Waals surface area contributed by atoms with Crippen molar-refractivity contribution >= 4 is 0 Å². The Labute approximate surface area is 72.5 Å². The highest BCUT2D eigenvalue weighted by atomic mass is 16.5. The van der Waals surface area contributed by atoms with Gasteiger partial charge in [0.2, 0.25) is 0 Å². The molecule has 1 aromatic heterocycles. The lowest BCUT2D eigenvalue weighted by Gasteiger charge is -2.08. The van der Waals surface area contributed by atoms with Crippen molar-refractivity contribution < 1.29 is 9.15 Å². The van der Waals surface area contributed by atoms with Crippen molar-refractivity contribution in [1.82, 2.24) is 0 Å². The molecule has 1 heterocycles. The minimum Gasteiger partial charge on any atom is -0.468 e. The highest BCUT2D eigenvalue weighted by Crippen LogP contribution is 2.10. The van der Waals surface area contributed by atoms with E-state index in [2.05, 4.69) is 6.92 Å². The lowest BCUT2D eigenvalue weighted by atomic mass is 10.2. The summed E-state index contributed by atoms with van der Waals surface area (Å²) in [6.45, 7) is 3.36. The summed E-state index contributed by atoms with van der Waals surface area (Å²) in [7, 11) is 0. The summed E-state index contributed by atoms with van der Waals surface area (Å²) in [4.78, 5) is 0. The highest BCUT2D eigenvalue weighted by molar-refractivity contribution is 5.03. The van der Waals surface area contributed by atoms with E-state index in [1.165, 1.54) is 0 Å². The molecule has 68 valence electrons. The van der Waals surface area contributed by atoms with E-state index in [1.807, 2.05) is 12.1 Å². The van der Waals surface area contributed by atoms with E-state index < -0.39 is 0 Å². The van der Waals surface area contributed by atoms with Crippen molar-refractivity contribution in [2.24, 2.45) is 5.73 Å². The van der Waals surface area contributed by atoms with Gasteiger partial charge in [0.1, 0.15) is 5.76 Å². The number of furan rings is 1. The summed E-state index contributed by atoms with van der Waals surface area (Å²) in [5, 5.41) is 0. The Morgan fingerprint density at radius 1 is 1.67 bits per heavy atom. The number of hydrogen-bond donors (Lipinski definition) is 1. The Morgan fingerprint density at radius 3 is 3.08 bits per heavy atom. The lowest BCUT2D eigenvalue weighted by Crippen LogP contribution is -2.16. The molecule has 12 heavy (non-hydrogen) atoms. The van der Waals surface area contributed by atoms with Crippen molar-refractivity contribution in [3.8, 4) is 0 Å². The maximum absolute atomic E-state index is 5.76. The fourth-order valence-corrected chi connectivity index (χ4v) is 0.939. The molecular weight excluding hydrogens is 154 g/mol. The molecular formula is C9H15NO2. The van der Waals surface area contributed by atoms with Crippen LogP contribution in [0.2, 0.25) is 0 Å². The van der Waals surface area contributed by atoms with E-state index in [0.717, 1.165) is 18.8 Å². The van der Waals surface area contributed by atoms with Gasteiger partial charge in [-0.15, -0.1) is 0 Å². The smallest absolute Gasteiger partial charge is 0.122 e. The molecule has 0 saturated carbocycles. The molecule has 0 amide bonds. The SMILES string of the molecule is CCCOCC(N)c1ccco1. The molecule has 0 radical (unpaired) electrons. The van der Waals surface area contributed by atoms with Crippen LogP contribution in [0.4, 0.5) is 0 Å². The molecule has 3 heteroatoms. The second kappa shape index (κ2) is 4.95. The van der Waals surface area contributed by atoms with Crippen molar-refractivity contribution in [3.63, 3.8) is 0 Å². The maximum Gasteiger partial charge on any atom is 0.122 e. The van der Waals surface area contributed by atoms with Crippen LogP contribution in [0.25, 0.3) is 0 Å². The van der Waals surface area contributed by atoms with Gasteiger partial charge >= 0.3 is 0 Å². The van der Waals surface area contributed by atoms with Gasteiger partial charge in [-0.1, -0.05) is 6.92 Å². The molecule has 0 aliphatic heterocycles. The minimum absolute atomic E-state index is 0.133. The third-order valence-electron chi connectivity index (χ3n) is 1.55. The Hall–Kier alpha value is -0.800. The molecule has 0 fully saturated rings. The largest absolute Gasteiger partial charge is 0.468 e. The van der Waals surface area contributed by atoms with E-state index >= 15 is 0 Å². The van der Waals surface area contributed by atoms with Crippen molar-refractivity contribution in [2.45, 2.75) is 19.4 Å². The highest BCUT2D eigenvalue weighted by Gasteiger charge is 2.07. The van der Waals surface area contributed by atoms with Gasteiger partial charge in [-0.05, 0) is 18.6 Å². The summed E-state index contributed by atoms with van der Waals surface area (Å²) in [6, 6.07) is 3.56. The molecule has 0 spiro atoms. The average Bonchev–Trinajstić information content (AvgIpc) is 2.56. The topological polar surface area (TPSA) is 48.4 Å². The molecule has 1 aromatic rings. The molecule has 0 bridgehead atoms. The average molecular weight is 169 g/mol. The van der Waals surface area contributed by atoms with E-state index in [4.69, 9.17) is 14.9 Å². The van der Waals surface area contributed by atoms with E-state index in [9.17, 15) is 0 Å². The van der Waals surface area contributed by atoms with Crippen LogP contribution in [-0.4, -0.2) is 13.2 Å². The van der Waals surface area contributed by atoms with Gasteiger partial charge in [0.05, 0.1) is 18.9 Å². The molecule has 2 N–H and O–H groups in total. The molecule has 0 saturated heterocycles. The van der Waals surface area contributed by atoms with Crippen LogP contribution in [0.15, 0.2) is 22.8 Å². The van der Waals surface area contributed by atoms with Crippen LogP contribution in [0.1, 0.15) is 25.1 Å².